The van der Waals surface area contributed by atoms with E-state index in [9.17, 15) is 9.90 Å². The first-order valence-corrected chi connectivity index (χ1v) is 13.3. The van der Waals surface area contributed by atoms with Crippen LogP contribution in [-0.2, 0) is 0 Å². The summed E-state index contributed by atoms with van der Waals surface area (Å²) in [6.07, 6.45) is 0.478. The number of pyridine rings is 1. The molecule has 9 heteroatoms. The van der Waals surface area contributed by atoms with Gasteiger partial charge in [0.05, 0.1) is 34.5 Å². The van der Waals surface area contributed by atoms with Gasteiger partial charge in [-0.3, -0.25) is 4.79 Å². The van der Waals surface area contributed by atoms with E-state index in [1.165, 1.54) is 6.07 Å². The van der Waals surface area contributed by atoms with Crippen molar-refractivity contribution in [3.63, 3.8) is 0 Å². The molecule has 0 saturated heterocycles. The van der Waals surface area contributed by atoms with Crippen molar-refractivity contribution >= 4 is 40.7 Å². The lowest BCUT2D eigenvalue weighted by atomic mass is 9.88. The second-order valence-electron chi connectivity index (χ2n) is 9.86. The van der Waals surface area contributed by atoms with Gasteiger partial charge >= 0.3 is 0 Å². The number of halogens is 3. The molecule has 200 valence electrons. The summed E-state index contributed by atoms with van der Waals surface area (Å²) in [4.78, 5) is 18.1. The molecule has 1 atom stereocenters. The lowest BCUT2D eigenvalue weighted by Crippen LogP contribution is -2.41. The van der Waals surface area contributed by atoms with Crippen molar-refractivity contribution in [1.29, 1.82) is 0 Å². The highest BCUT2D eigenvalue weighted by Crippen LogP contribution is 2.45. The SMILES string of the molecule is COc1cc(-c2cc3c(nc2-c2ccc(Cl)cc2Cl)OC(C)(C)CC3NC(=O)c2ccccc2O)ccc1Cl. The maximum Gasteiger partial charge on any atom is 0.255 e. The molecule has 1 aliphatic heterocycles. The zero-order chi connectivity index (χ0) is 27.9. The van der Waals surface area contributed by atoms with Gasteiger partial charge in [0.25, 0.3) is 5.91 Å². The third-order valence-corrected chi connectivity index (χ3v) is 7.42. The van der Waals surface area contributed by atoms with Crippen molar-refractivity contribution < 1.29 is 19.4 Å². The monoisotopic (exact) mass is 582 g/mol. The minimum Gasteiger partial charge on any atom is -0.507 e. The number of ether oxygens (including phenoxy) is 2. The molecular formula is C30H25Cl3N2O4. The molecule has 0 fully saturated rings. The van der Waals surface area contributed by atoms with Gasteiger partial charge in [0, 0.05) is 28.1 Å². The van der Waals surface area contributed by atoms with Crippen LogP contribution in [0.1, 0.15) is 42.2 Å². The van der Waals surface area contributed by atoms with Crippen LogP contribution in [0, 0.1) is 0 Å². The van der Waals surface area contributed by atoms with Gasteiger partial charge in [-0.25, -0.2) is 4.98 Å². The number of methoxy groups -OCH3 is 1. The quantitative estimate of drug-likeness (QED) is 0.248. The van der Waals surface area contributed by atoms with E-state index in [0.717, 1.165) is 11.1 Å². The summed E-state index contributed by atoms with van der Waals surface area (Å²) >= 11 is 19.1. The number of carbonyl (C=O) groups is 1. The van der Waals surface area contributed by atoms with Crippen LogP contribution < -0.4 is 14.8 Å². The molecule has 0 bridgehead atoms. The average Bonchev–Trinajstić information content (AvgIpc) is 2.88. The molecule has 0 radical (unpaired) electrons. The summed E-state index contributed by atoms with van der Waals surface area (Å²) in [6.45, 7) is 3.87. The third kappa shape index (κ3) is 5.50. The summed E-state index contributed by atoms with van der Waals surface area (Å²) in [5, 5.41) is 14.7. The van der Waals surface area contributed by atoms with Crippen molar-refractivity contribution in [3.8, 4) is 39.8 Å². The maximum absolute atomic E-state index is 13.2. The number of hydrogen-bond donors (Lipinski definition) is 2. The number of nitrogens with one attached hydrogen (secondary N) is 1. The van der Waals surface area contributed by atoms with Crippen molar-refractivity contribution in [3.05, 3.63) is 92.9 Å². The Bertz CT molecular complexity index is 1590. The highest BCUT2D eigenvalue weighted by Gasteiger charge is 2.37. The van der Waals surface area contributed by atoms with Gasteiger partial charge < -0.3 is 19.9 Å². The first-order valence-electron chi connectivity index (χ1n) is 12.2. The van der Waals surface area contributed by atoms with Crippen LogP contribution >= 0.6 is 34.8 Å². The molecule has 0 saturated carbocycles. The topological polar surface area (TPSA) is 80.7 Å². The van der Waals surface area contributed by atoms with Crippen LogP contribution in [0.25, 0.3) is 22.4 Å². The number of aromatic hydroxyl groups is 1. The molecule has 1 unspecified atom stereocenters. The van der Waals surface area contributed by atoms with E-state index in [2.05, 4.69) is 5.32 Å². The molecule has 3 aromatic carbocycles. The molecule has 1 aromatic heterocycles. The second kappa shape index (κ2) is 10.6. The molecule has 6 nitrogen and oxygen atoms in total. The molecule has 1 amide bonds. The van der Waals surface area contributed by atoms with Crippen molar-refractivity contribution in [2.24, 2.45) is 0 Å². The number of phenols is 1. The summed E-state index contributed by atoms with van der Waals surface area (Å²) in [7, 11) is 1.55. The normalized spacial score (nSPS) is 15.7. The fraction of sp³-hybridized carbons (Fsp3) is 0.200. The molecule has 1 aliphatic rings. The Morgan fingerprint density at radius 2 is 1.79 bits per heavy atom. The number of carbonyl (C=O) groups excluding carboxylic acids is 1. The Morgan fingerprint density at radius 3 is 2.51 bits per heavy atom. The Kier molecular flexibility index (Phi) is 7.38. The second-order valence-corrected chi connectivity index (χ2v) is 11.1. The largest absolute Gasteiger partial charge is 0.507 e. The van der Waals surface area contributed by atoms with Crippen LogP contribution in [0.4, 0.5) is 0 Å². The summed E-state index contributed by atoms with van der Waals surface area (Å²) in [5.74, 6) is 0.379. The molecule has 5 rings (SSSR count). The Balaban J connectivity index is 1.69. The maximum atomic E-state index is 13.2. The zero-order valence-corrected chi connectivity index (χ0v) is 23.7. The van der Waals surface area contributed by atoms with Crippen LogP contribution in [0.2, 0.25) is 15.1 Å². The van der Waals surface area contributed by atoms with E-state index in [-0.39, 0.29) is 11.3 Å². The third-order valence-electron chi connectivity index (χ3n) is 6.56. The lowest BCUT2D eigenvalue weighted by Gasteiger charge is -2.37. The van der Waals surface area contributed by atoms with E-state index in [0.29, 0.717) is 49.9 Å². The smallest absolute Gasteiger partial charge is 0.255 e. The van der Waals surface area contributed by atoms with Crippen LogP contribution in [-0.4, -0.2) is 28.7 Å². The minimum absolute atomic E-state index is 0.0960. The molecule has 4 aromatic rings. The zero-order valence-electron chi connectivity index (χ0n) is 21.4. The van der Waals surface area contributed by atoms with Gasteiger partial charge in [-0.15, -0.1) is 0 Å². The van der Waals surface area contributed by atoms with Gasteiger partial charge in [0.2, 0.25) is 5.88 Å². The van der Waals surface area contributed by atoms with E-state index in [4.69, 9.17) is 49.3 Å². The Labute approximate surface area is 241 Å². The highest BCUT2D eigenvalue weighted by molar-refractivity contribution is 6.36. The number of hydrogen-bond acceptors (Lipinski definition) is 5. The van der Waals surface area contributed by atoms with Crippen molar-refractivity contribution in [2.45, 2.75) is 31.9 Å². The molecule has 2 N–H and O–H groups in total. The summed E-state index contributed by atoms with van der Waals surface area (Å²) < 4.78 is 11.8. The van der Waals surface area contributed by atoms with Gasteiger partial charge in [0.1, 0.15) is 17.1 Å². The number of nitrogens with zero attached hydrogens (tertiary/aromatic N) is 1. The Morgan fingerprint density at radius 1 is 1.03 bits per heavy atom. The number of benzene rings is 3. The fourth-order valence-corrected chi connectivity index (χ4v) is 5.41. The first kappa shape index (κ1) is 27.1. The van der Waals surface area contributed by atoms with Crippen LogP contribution in [0.5, 0.6) is 17.4 Å². The lowest BCUT2D eigenvalue weighted by molar-refractivity contribution is 0.0572. The van der Waals surface area contributed by atoms with E-state index < -0.39 is 17.6 Å². The van der Waals surface area contributed by atoms with Gasteiger partial charge in [-0.05, 0) is 67.9 Å². The Hall–Kier alpha value is -3.45. The number of fused-ring (bicyclic) bond motifs is 1. The molecule has 2 heterocycles. The van der Waals surface area contributed by atoms with Crippen LogP contribution in [0.15, 0.2) is 66.7 Å². The van der Waals surface area contributed by atoms with Crippen molar-refractivity contribution in [2.75, 3.05) is 7.11 Å². The molecule has 0 spiro atoms. The van der Waals surface area contributed by atoms with Gasteiger partial charge in [-0.1, -0.05) is 53.0 Å². The molecular weight excluding hydrogens is 559 g/mol. The van der Waals surface area contributed by atoms with Crippen molar-refractivity contribution in [1.82, 2.24) is 10.3 Å². The number of aromatic nitrogens is 1. The predicted molar refractivity (Wildman–Crippen MR) is 154 cm³/mol. The molecule has 39 heavy (non-hydrogen) atoms. The first-order chi connectivity index (χ1) is 18.6. The van der Waals surface area contributed by atoms with Crippen LogP contribution in [0.3, 0.4) is 0 Å². The fourth-order valence-electron chi connectivity index (χ4n) is 4.71. The standard InChI is InChI=1S/C30H25Cl3N2O4/c1-30(2)15-24(34-28(37)19-6-4-5-7-25(19)36)21-14-20(16-8-11-22(32)26(12-16)38-3)27(35-29(21)39-30)18-10-9-17(31)13-23(18)33/h4-14,24,36H,15H2,1-3H3,(H,34,37). The van der Waals surface area contributed by atoms with E-state index in [1.54, 1.807) is 49.6 Å². The highest BCUT2D eigenvalue weighted by atomic mass is 35.5. The molecule has 0 aliphatic carbocycles. The summed E-state index contributed by atoms with van der Waals surface area (Å²) in [6, 6.07) is 18.6. The number of amides is 1. The predicted octanol–water partition coefficient (Wildman–Crippen LogP) is 8.12. The number of para-hydroxylation sites is 1. The summed E-state index contributed by atoms with van der Waals surface area (Å²) in [5.41, 5.74) is 2.99. The van der Waals surface area contributed by atoms with E-state index >= 15 is 0 Å². The number of rotatable bonds is 5. The van der Waals surface area contributed by atoms with Gasteiger partial charge in [0.15, 0.2) is 0 Å². The number of phenolic OH excluding ortho intramolecular Hbond substituents is 1. The average molecular weight is 584 g/mol. The van der Waals surface area contributed by atoms with Gasteiger partial charge in [-0.2, -0.15) is 0 Å². The minimum atomic E-state index is -0.636. The van der Waals surface area contributed by atoms with E-state index in [1.807, 2.05) is 32.0 Å².